The number of oxazole rings is 1. The second-order valence-electron chi connectivity index (χ2n) is 7.36. The Morgan fingerprint density at radius 1 is 1.00 bits per heavy atom. The smallest absolute Gasteiger partial charge is 0.255 e. The van der Waals surface area contributed by atoms with Gasteiger partial charge in [0.05, 0.1) is 17.7 Å². The van der Waals surface area contributed by atoms with Crippen molar-refractivity contribution in [1.29, 1.82) is 0 Å². The van der Waals surface area contributed by atoms with Crippen LogP contribution in [0.1, 0.15) is 21.8 Å². The lowest BCUT2D eigenvalue weighted by Gasteiger charge is -2.07. The molecule has 8 heteroatoms. The first-order valence-corrected chi connectivity index (χ1v) is 11.8. The zero-order valence-corrected chi connectivity index (χ0v) is 18.9. The van der Waals surface area contributed by atoms with Gasteiger partial charge in [-0.05, 0) is 55.5 Å². The highest BCUT2D eigenvalue weighted by atomic mass is 32.2. The fourth-order valence-electron chi connectivity index (χ4n) is 3.24. The minimum Gasteiger partial charge on any atom is -0.497 e. The van der Waals surface area contributed by atoms with Crippen LogP contribution in [0.25, 0.3) is 11.5 Å². The molecular formula is C25H22N2O5S. The zero-order valence-electron chi connectivity index (χ0n) is 18.1. The van der Waals surface area contributed by atoms with Gasteiger partial charge in [-0.3, -0.25) is 4.79 Å². The fourth-order valence-corrected chi connectivity index (χ4v) is 4.61. The lowest BCUT2D eigenvalue weighted by atomic mass is 10.1. The zero-order chi connectivity index (χ0) is 23.4. The second-order valence-corrected chi connectivity index (χ2v) is 9.35. The third kappa shape index (κ3) is 5.12. The first-order chi connectivity index (χ1) is 15.9. The standard InChI is InChI=1S/C25H22N2O5S/c1-17-23(16-33(29,30)22-9-4-3-5-10-22)27-25(32-17)19-13-11-18(12-14-19)24(28)26-20-7-6-8-21(15-20)31-2/h3-15H,16H2,1-2H3,(H,26,28). The quantitative estimate of drug-likeness (QED) is 0.420. The van der Waals surface area contributed by atoms with Gasteiger partial charge >= 0.3 is 0 Å². The Hall–Kier alpha value is -3.91. The molecule has 1 N–H and O–H groups in total. The van der Waals surface area contributed by atoms with Crippen LogP contribution in [-0.2, 0) is 15.6 Å². The molecule has 0 atom stereocenters. The van der Waals surface area contributed by atoms with Gasteiger partial charge in [0, 0.05) is 22.9 Å². The molecule has 0 unspecified atom stereocenters. The minimum atomic E-state index is -3.54. The average molecular weight is 463 g/mol. The number of aryl methyl sites for hydroxylation is 1. The predicted molar refractivity (Wildman–Crippen MR) is 125 cm³/mol. The summed E-state index contributed by atoms with van der Waals surface area (Å²) >= 11 is 0. The van der Waals surface area contributed by atoms with Gasteiger partial charge in [-0.25, -0.2) is 13.4 Å². The van der Waals surface area contributed by atoms with Gasteiger partial charge in [0.25, 0.3) is 5.91 Å². The topological polar surface area (TPSA) is 98.5 Å². The van der Waals surface area contributed by atoms with E-state index in [1.54, 1.807) is 92.9 Å². The van der Waals surface area contributed by atoms with Crippen LogP contribution < -0.4 is 10.1 Å². The molecule has 7 nitrogen and oxygen atoms in total. The molecule has 0 aliphatic carbocycles. The Balaban J connectivity index is 1.49. The predicted octanol–water partition coefficient (Wildman–Crippen LogP) is 4.88. The number of rotatable bonds is 7. The third-order valence-electron chi connectivity index (χ3n) is 5.04. The van der Waals surface area contributed by atoms with E-state index in [4.69, 9.17) is 9.15 Å². The Kier molecular flexibility index (Phi) is 6.28. The number of amides is 1. The van der Waals surface area contributed by atoms with Crippen molar-refractivity contribution in [1.82, 2.24) is 4.98 Å². The molecule has 0 bridgehead atoms. The Labute approximate surface area is 192 Å². The molecular weight excluding hydrogens is 440 g/mol. The van der Waals surface area contributed by atoms with Crippen molar-refractivity contribution in [3.63, 3.8) is 0 Å². The highest BCUT2D eigenvalue weighted by Gasteiger charge is 2.21. The number of aromatic nitrogens is 1. The maximum atomic E-state index is 12.7. The monoisotopic (exact) mass is 462 g/mol. The molecule has 0 spiro atoms. The van der Waals surface area contributed by atoms with Crippen molar-refractivity contribution in [3.05, 3.63) is 95.9 Å². The summed E-state index contributed by atoms with van der Waals surface area (Å²) in [5, 5.41) is 2.82. The van der Waals surface area contributed by atoms with Gasteiger partial charge < -0.3 is 14.5 Å². The van der Waals surface area contributed by atoms with Gasteiger partial charge in [0.1, 0.15) is 17.3 Å². The number of nitrogens with one attached hydrogen (secondary N) is 1. The maximum Gasteiger partial charge on any atom is 0.255 e. The minimum absolute atomic E-state index is 0.236. The molecule has 33 heavy (non-hydrogen) atoms. The van der Waals surface area contributed by atoms with Crippen molar-refractivity contribution in [2.24, 2.45) is 0 Å². The van der Waals surface area contributed by atoms with Gasteiger partial charge in [-0.15, -0.1) is 0 Å². The van der Waals surface area contributed by atoms with E-state index in [9.17, 15) is 13.2 Å². The van der Waals surface area contributed by atoms with Crippen molar-refractivity contribution < 1.29 is 22.4 Å². The molecule has 3 aromatic carbocycles. The molecule has 0 saturated heterocycles. The van der Waals surface area contributed by atoms with E-state index in [1.807, 2.05) is 0 Å². The number of carbonyl (C=O) groups excluding carboxylic acids is 1. The summed E-state index contributed by atoms with van der Waals surface area (Å²) in [5.74, 6) is 0.850. The summed E-state index contributed by atoms with van der Waals surface area (Å²) in [7, 11) is -1.98. The number of methoxy groups -OCH3 is 1. The van der Waals surface area contributed by atoms with Crippen molar-refractivity contribution in [3.8, 4) is 17.2 Å². The number of hydrogen-bond acceptors (Lipinski definition) is 6. The van der Waals surface area contributed by atoms with Crippen LogP contribution in [0.5, 0.6) is 5.75 Å². The summed E-state index contributed by atoms with van der Waals surface area (Å²) in [6.07, 6.45) is 0. The summed E-state index contributed by atoms with van der Waals surface area (Å²) in [4.78, 5) is 17.2. The molecule has 1 amide bonds. The van der Waals surface area contributed by atoms with Crippen LogP contribution in [-0.4, -0.2) is 26.4 Å². The van der Waals surface area contributed by atoms with Crippen LogP contribution in [0.4, 0.5) is 5.69 Å². The number of nitrogens with zero attached hydrogens (tertiary/aromatic N) is 1. The van der Waals surface area contributed by atoms with E-state index in [1.165, 1.54) is 0 Å². The normalized spacial score (nSPS) is 11.2. The van der Waals surface area contributed by atoms with E-state index in [0.717, 1.165) is 0 Å². The average Bonchev–Trinajstić information content (AvgIpc) is 3.19. The van der Waals surface area contributed by atoms with E-state index in [-0.39, 0.29) is 16.6 Å². The molecule has 0 radical (unpaired) electrons. The van der Waals surface area contributed by atoms with Crippen LogP contribution in [0.3, 0.4) is 0 Å². The lowest BCUT2D eigenvalue weighted by Crippen LogP contribution is -2.11. The second kappa shape index (κ2) is 9.30. The van der Waals surface area contributed by atoms with Gasteiger partial charge in [-0.1, -0.05) is 24.3 Å². The number of hydrogen-bond donors (Lipinski definition) is 1. The fraction of sp³-hybridized carbons (Fsp3) is 0.120. The molecule has 1 aromatic heterocycles. The van der Waals surface area contributed by atoms with Crippen molar-refractivity contribution in [2.75, 3.05) is 12.4 Å². The van der Waals surface area contributed by atoms with Crippen LogP contribution in [0.15, 0.2) is 88.2 Å². The first-order valence-electron chi connectivity index (χ1n) is 10.2. The molecule has 168 valence electrons. The molecule has 0 aliphatic heterocycles. The highest BCUT2D eigenvalue weighted by Crippen LogP contribution is 2.25. The van der Waals surface area contributed by atoms with Gasteiger partial charge in [0.2, 0.25) is 5.89 Å². The Morgan fingerprint density at radius 2 is 1.73 bits per heavy atom. The largest absolute Gasteiger partial charge is 0.497 e. The third-order valence-corrected chi connectivity index (χ3v) is 6.69. The number of sulfone groups is 1. The molecule has 1 heterocycles. The Morgan fingerprint density at radius 3 is 2.42 bits per heavy atom. The molecule has 4 rings (SSSR count). The summed E-state index contributed by atoms with van der Waals surface area (Å²) in [6, 6.07) is 22.1. The van der Waals surface area contributed by atoms with E-state index < -0.39 is 9.84 Å². The van der Waals surface area contributed by atoms with Crippen LogP contribution >= 0.6 is 0 Å². The number of carbonyl (C=O) groups is 1. The summed E-state index contributed by atoms with van der Waals surface area (Å²) in [5.41, 5.74) is 2.07. The highest BCUT2D eigenvalue weighted by molar-refractivity contribution is 7.90. The van der Waals surface area contributed by atoms with Gasteiger partial charge in [0.15, 0.2) is 9.84 Å². The van der Waals surface area contributed by atoms with E-state index in [2.05, 4.69) is 10.3 Å². The molecule has 0 aliphatic rings. The van der Waals surface area contributed by atoms with E-state index >= 15 is 0 Å². The molecule has 4 aromatic rings. The van der Waals surface area contributed by atoms with E-state index in [0.29, 0.717) is 39.9 Å². The summed E-state index contributed by atoms with van der Waals surface area (Å²) in [6.45, 7) is 1.68. The first kappa shape index (κ1) is 22.3. The van der Waals surface area contributed by atoms with Crippen molar-refractivity contribution in [2.45, 2.75) is 17.6 Å². The van der Waals surface area contributed by atoms with Crippen LogP contribution in [0.2, 0.25) is 0 Å². The Bertz CT molecular complexity index is 1380. The maximum absolute atomic E-state index is 12.7. The number of ether oxygens (including phenoxy) is 1. The number of anilines is 1. The molecule has 0 saturated carbocycles. The molecule has 0 fully saturated rings. The number of benzene rings is 3. The summed E-state index contributed by atoms with van der Waals surface area (Å²) < 4.78 is 36.2. The SMILES string of the molecule is COc1cccc(NC(=O)c2ccc(-c3nc(CS(=O)(=O)c4ccccc4)c(C)o3)cc2)c1. The lowest BCUT2D eigenvalue weighted by molar-refractivity contribution is 0.102. The van der Waals surface area contributed by atoms with Crippen LogP contribution in [0, 0.1) is 6.92 Å². The van der Waals surface area contributed by atoms with Crippen molar-refractivity contribution >= 4 is 21.4 Å². The van der Waals surface area contributed by atoms with Gasteiger partial charge in [-0.2, -0.15) is 0 Å².